The molecule has 0 N–H and O–H groups in total. The van der Waals surface area contributed by atoms with E-state index >= 15 is 0 Å². The number of hydrogen-bond acceptors (Lipinski definition) is 2. The summed E-state index contributed by atoms with van der Waals surface area (Å²) in [5.74, 6) is 0.840. The first-order valence-corrected chi connectivity index (χ1v) is 5.21. The van der Waals surface area contributed by atoms with E-state index < -0.39 is 0 Å². The van der Waals surface area contributed by atoms with Gasteiger partial charge in [0.1, 0.15) is 0 Å². The van der Waals surface area contributed by atoms with Crippen LogP contribution in [0.4, 0.5) is 0 Å². The second kappa shape index (κ2) is 4.62. The lowest BCUT2D eigenvalue weighted by Gasteiger charge is -2.24. The van der Waals surface area contributed by atoms with E-state index in [4.69, 9.17) is 10.00 Å². The molecule has 74 valence electrons. The van der Waals surface area contributed by atoms with Crippen molar-refractivity contribution in [2.75, 3.05) is 6.61 Å². The van der Waals surface area contributed by atoms with Crippen LogP contribution < -0.4 is 0 Å². The first kappa shape index (κ1) is 10.5. The summed E-state index contributed by atoms with van der Waals surface area (Å²) in [7, 11) is 0. The van der Waals surface area contributed by atoms with Gasteiger partial charge in [0.2, 0.25) is 0 Å². The molecule has 0 aromatic rings. The Hall–Kier alpha value is -0.550. The summed E-state index contributed by atoms with van der Waals surface area (Å²) >= 11 is 0. The van der Waals surface area contributed by atoms with E-state index in [-0.39, 0.29) is 5.60 Å². The number of ether oxygens (including phenoxy) is 1. The highest BCUT2D eigenvalue weighted by molar-refractivity contribution is 4.87. The Labute approximate surface area is 80.9 Å². The van der Waals surface area contributed by atoms with Crippen molar-refractivity contribution in [3.8, 4) is 6.07 Å². The third kappa shape index (κ3) is 3.00. The second-order valence-corrected chi connectivity index (χ2v) is 4.22. The van der Waals surface area contributed by atoms with Gasteiger partial charge in [-0.25, -0.2) is 0 Å². The number of hydrogen-bond donors (Lipinski definition) is 0. The van der Waals surface area contributed by atoms with Crippen molar-refractivity contribution in [3.05, 3.63) is 0 Å². The van der Waals surface area contributed by atoms with Crippen molar-refractivity contribution in [3.63, 3.8) is 0 Å². The van der Waals surface area contributed by atoms with E-state index in [2.05, 4.69) is 19.9 Å². The molecule has 2 nitrogen and oxygen atoms in total. The molecule has 2 heteroatoms. The lowest BCUT2D eigenvalue weighted by molar-refractivity contribution is -0.0262. The van der Waals surface area contributed by atoms with Crippen molar-refractivity contribution in [2.45, 2.75) is 51.6 Å². The van der Waals surface area contributed by atoms with Crippen LogP contribution >= 0.6 is 0 Å². The Kier molecular flexibility index (Phi) is 3.74. The monoisotopic (exact) mass is 181 g/mol. The Balaban J connectivity index is 2.28. The average Bonchev–Trinajstić information content (AvgIpc) is 2.49. The van der Waals surface area contributed by atoms with Gasteiger partial charge in [0.15, 0.2) is 0 Å². The van der Waals surface area contributed by atoms with Crippen LogP contribution in [0, 0.1) is 17.2 Å². The van der Waals surface area contributed by atoms with Crippen LogP contribution in [0.3, 0.4) is 0 Å². The molecule has 1 saturated carbocycles. The highest BCUT2D eigenvalue weighted by Crippen LogP contribution is 2.38. The minimum absolute atomic E-state index is 0.0670. The summed E-state index contributed by atoms with van der Waals surface area (Å²) < 4.78 is 5.74. The summed E-state index contributed by atoms with van der Waals surface area (Å²) in [6.45, 7) is 5.02. The van der Waals surface area contributed by atoms with Crippen molar-refractivity contribution < 1.29 is 4.74 Å². The first-order valence-electron chi connectivity index (χ1n) is 5.21. The van der Waals surface area contributed by atoms with Gasteiger partial charge in [-0.3, -0.25) is 0 Å². The maximum Gasteiger partial charge on any atom is 0.0657 e. The zero-order valence-electron chi connectivity index (χ0n) is 8.68. The van der Waals surface area contributed by atoms with Crippen LogP contribution in [0.2, 0.25) is 0 Å². The summed E-state index contributed by atoms with van der Waals surface area (Å²) in [6.07, 6.45) is 5.41. The van der Waals surface area contributed by atoms with Crippen LogP contribution in [-0.2, 0) is 4.74 Å². The topological polar surface area (TPSA) is 33.0 Å². The Morgan fingerprint density at radius 1 is 1.62 bits per heavy atom. The van der Waals surface area contributed by atoms with E-state index in [1.165, 1.54) is 19.3 Å². The van der Waals surface area contributed by atoms with Crippen molar-refractivity contribution in [1.29, 1.82) is 5.26 Å². The fourth-order valence-corrected chi connectivity index (χ4v) is 2.15. The smallest absolute Gasteiger partial charge is 0.0657 e. The molecule has 0 aromatic heterocycles. The minimum atomic E-state index is 0.0670. The summed E-state index contributed by atoms with van der Waals surface area (Å²) in [5, 5.41) is 8.39. The summed E-state index contributed by atoms with van der Waals surface area (Å²) in [6, 6.07) is 2.11. The van der Waals surface area contributed by atoms with Gasteiger partial charge in [0.25, 0.3) is 0 Å². The average molecular weight is 181 g/mol. The normalized spacial score (nSPS) is 33.2. The SMILES string of the molecule is CCC1CCC(C)(OCCC#N)C1. The molecule has 13 heavy (non-hydrogen) atoms. The molecule has 0 aliphatic heterocycles. The molecule has 2 unspecified atom stereocenters. The van der Waals surface area contributed by atoms with Gasteiger partial charge in [0, 0.05) is 0 Å². The molecule has 2 atom stereocenters. The number of nitrogens with zero attached hydrogens (tertiary/aromatic N) is 1. The lowest BCUT2D eigenvalue weighted by atomic mass is 10.0. The molecule has 0 saturated heterocycles. The third-order valence-corrected chi connectivity index (χ3v) is 3.04. The predicted octanol–water partition coefficient (Wildman–Crippen LogP) is 2.89. The van der Waals surface area contributed by atoms with Gasteiger partial charge in [-0.15, -0.1) is 0 Å². The van der Waals surface area contributed by atoms with Crippen LogP contribution in [0.25, 0.3) is 0 Å². The van der Waals surface area contributed by atoms with Crippen molar-refractivity contribution in [1.82, 2.24) is 0 Å². The van der Waals surface area contributed by atoms with Crippen LogP contribution in [-0.4, -0.2) is 12.2 Å². The fraction of sp³-hybridized carbons (Fsp3) is 0.909. The highest BCUT2D eigenvalue weighted by atomic mass is 16.5. The van der Waals surface area contributed by atoms with Crippen LogP contribution in [0.15, 0.2) is 0 Å². The number of nitriles is 1. The van der Waals surface area contributed by atoms with Gasteiger partial charge in [-0.05, 0) is 32.1 Å². The molecule has 0 heterocycles. The number of rotatable bonds is 4. The van der Waals surface area contributed by atoms with Gasteiger partial charge in [0.05, 0.1) is 24.7 Å². The summed E-state index contributed by atoms with van der Waals surface area (Å²) in [4.78, 5) is 0. The predicted molar refractivity (Wildman–Crippen MR) is 52.2 cm³/mol. The molecule has 0 amide bonds. The maximum atomic E-state index is 8.39. The summed E-state index contributed by atoms with van der Waals surface area (Å²) in [5.41, 5.74) is 0.0670. The Bertz CT molecular complexity index is 197. The van der Waals surface area contributed by atoms with Gasteiger partial charge in [-0.1, -0.05) is 13.3 Å². The molecular weight excluding hydrogens is 162 g/mol. The molecule has 1 aliphatic carbocycles. The quantitative estimate of drug-likeness (QED) is 0.625. The zero-order chi connectivity index (χ0) is 9.73. The largest absolute Gasteiger partial charge is 0.374 e. The Morgan fingerprint density at radius 3 is 2.92 bits per heavy atom. The van der Waals surface area contributed by atoms with E-state index in [1.807, 2.05) is 0 Å². The van der Waals surface area contributed by atoms with Crippen molar-refractivity contribution in [2.24, 2.45) is 5.92 Å². The molecule has 0 spiro atoms. The third-order valence-electron chi connectivity index (χ3n) is 3.04. The fourth-order valence-electron chi connectivity index (χ4n) is 2.15. The first-order chi connectivity index (χ1) is 6.20. The molecule has 1 aliphatic rings. The molecule has 1 rings (SSSR count). The van der Waals surface area contributed by atoms with E-state index in [9.17, 15) is 0 Å². The van der Waals surface area contributed by atoms with Gasteiger partial charge < -0.3 is 4.74 Å². The van der Waals surface area contributed by atoms with Crippen LogP contribution in [0.5, 0.6) is 0 Å². The van der Waals surface area contributed by atoms with E-state index in [0.717, 1.165) is 12.3 Å². The van der Waals surface area contributed by atoms with Gasteiger partial charge in [-0.2, -0.15) is 5.26 Å². The molecule has 0 aromatic carbocycles. The molecule has 0 radical (unpaired) electrons. The standard InChI is InChI=1S/C11H19NO/c1-3-10-5-6-11(2,9-10)13-8-4-7-12/h10H,3-6,8-9H2,1-2H3. The zero-order valence-corrected chi connectivity index (χ0v) is 8.68. The van der Waals surface area contributed by atoms with Gasteiger partial charge >= 0.3 is 0 Å². The van der Waals surface area contributed by atoms with E-state index in [0.29, 0.717) is 13.0 Å². The van der Waals surface area contributed by atoms with Crippen LogP contribution in [0.1, 0.15) is 46.0 Å². The molecular formula is C11H19NO. The van der Waals surface area contributed by atoms with Crippen molar-refractivity contribution >= 4 is 0 Å². The molecule has 1 fully saturated rings. The minimum Gasteiger partial charge on any atom is -0.374 e. The maximum absolute atomic E-state index is 8.39. The molecule has 0 bridgehead atoms. The lowest BCUT2D eigenvalue weighted by Crippen LogP contribution is -2.25. The highest BCUT2D eigenvalue weighted by Gasteiger charge is 2.34. The van der Waals surface area contributed by atoms with E-state index in [1.54, 1.807) is 0 Å². The second-order valence-electron chi connectivity index (χ2n) is 4.22. The Morgan fingerprint density at radius 2 is 2.38 bits per heavy atom.